The number of hydrogen-bond donors (Lipinski definition) is 0. The highest BCUT2D eigenvalue weighted by Crippen LogP contribution is 2.33. The van der Waals surface area contributed by atoms with Crippen LogP contribution in [0.25, 0.3) is 6.08 Å². The molecule has 0 bridgehead atoms. The van der Waals surface area contributed by atoms with Crippen molar-refractivity contribution in [3.05, 3.63) is 59.0 Å². The Bertz CT molecular complexity index is 946. The van der Waals surface area contributed by atoms with Gasteiger partial charge in [-0.15, -0.1) is 11.8 Å². The Kier molecular flexibility index (Phi) is 6.22. The monoisotopic (exact) mass is 395 g/mol. The van der Waals surface area contributed by atoms with E-state index in [0.717, 1.165) is 16.1 Å². The lowest BCUT2D eigenvalue weighted by Crippen LogP contribution is -2.23. The van der Waals surface area contributed by atoms with Crippen LogP contribution in [0, 0.1) is 11.3 Å². The molecule has 2 aromatic carbocycles. The number of hydrogen-bond acceptors (Lipinski definition) is 6. The van der Waals surface area contributed by atoms with Gasteiger partial charge in [-0.2, -0.15) is 5.26 Å². The number of aliphatic imine (C=N–C) groups is 1. The van der Waals surface area contributed by atoms with Crippen LogP contribution in [0.2, 0.25) is 0 Å². The molecule has 0 radical (unpaired) electrons. The van der Waals surface area contributed by atoms with Gasteiger partial charge in [0.1, 0.15) is 11.8 Å². The molecule has 0 N–H and O–H groups in total. The van der Waals surface area contributed by atoms with Crippen LogP contribution < -0.4 is 4.74 Å². The zero-order valence-electron chi connectivity index (χ0n) is 14.9. The largest absolute Gasteiger partial charge is 0.479 e. The molecule has 1 aliphatic rings. The predicted octanol–water partition coefficient (Wildman–Crippen LogP) is 4.54. The summed E-state index contributed by atoms with van der Waals surface area (Å²) in [5.74, 6) is 0.543. The average Bonchev–Trinajstić information content (AvgIpc) is 2.95. The van der Waals surface area contributed by atoms with Crippen LogP contribution in [0.5, 0.6) is 5.75 Å². The van der Waals surface area contributed by atoms with Crippen molar-refractivity contribution >= 4 is 46.4 Å². The lowest BCUT2D eigenvalue weighted by molar-refractivity contribution is -0.121. The van der Waals surface area contributed by atoms with Crippen molar-refractivity contribution < 1.29 is 9.53 Å². The van der Waals surface area contributed by atoms with E-state index in [4.69, 9.17) is 10.00 Å². The van der Waals surface area contributed by atoms with Crippen molar-refractivity contribution in [3.63, 3.8) is 0 Å². The molecule has 1 fully saturated rings. The van der Waals surface area contributed by atoms with E-state index < -0.39 is 0 Å². The van der Waals surface area contributed by atoms with E-state index >= 15 is 0 Å². The van der Waals surface area contributed by atoms with E-state index in [2.05, 4.69) is 4.99 Å². The molecule has 1 amide bonds. The Morgan fingerprint density at radius 1 is 1.30 bits per heavy atom. The van der Waals surface area contributed by atoms with Gasteiger partial charge >= 0.3 is 0 Å². The minimum absolute atomic E-state index is 0.0110. The number of amides is 1. The van der Waals surface area contributed by atoms with Crippen LogP contribution in [0.3, 0.4) is 0 Å². The molecule has 0 spiro atoms. The second kappa shape index (κ2) is 8.80. The maximum Gasteiger partial charge on any atom is 0.266 e. The summed E-state index contributed by atoms with van der Waals surface area (Å²) in [6.45, 7) is 0.0110. The van der Waals surface area contributed by atoms with Gasteiger partial charge in [0.05, 0.1) is 10.6 Å². The third kappa shape index (κ3) is 4.73. The summed E-state index contributed by atoms with van der Waals surface area (Å²) in [6, 6.07) is 17.1. The smallest absolute Gasteiger partial charge is 0.266 e. The van der Waals surface area contributed by atoms with Crippen molar-refractivity contribution in [3.8, 4) is 11.8 Å². The fourth-order valence-corrected chi connectivity index (χ4v) is 3.81. The van der Waals surface area contributed by atoms with E-state index in [0.29, 0.717) is 15.8 Å². The summed E-state index contributed by atoms with van der Waals surface area (Å²) in [5, 5.41) is 9.20. The minimum Gasteiger partial charge on any atom is -0.479 e. The van der Waals surface area contributed by atoms with E-state index in [1.54, 1.807) is 35.8 Å². The molecule has 0 aliphatic carbocycles. The van der Waals surface area contributed by atoms with Crippen LogP contribution in [0.15, 0.2) is 63.3 Å². The maximum atomic E-state index is 12.5. The topological polar surface area (TPSA) is 65.7 Å². The van der Waals surface area contributed by atoms with E-state index in [1.807, 2.05) is 54.8 Å². The van der Waals surface area contributed by atoms with E-state index in [1.165, 1.54) is 11.8 Å². The number of amidine groups is 1. The lowest BCUT2D eigenvalue weighted by Gasteiger charge is -2.07. The number of rotatable bonds is 5. The third-order valence-electron chi connectivity index (χ3n) is 3.76. The van der Waals surface area contributed by atoms with E-state index in [9.17, 15) is 4.79 Å². The van der Waals surface area contributed by atoms with Crippen molar-refractivity contribution in [2.45, 2.75) is 4.90 Å². The average molecular weight is 396 g/mol. The quantitative estimate of drug-likeness (QED) is 0.549. The molecule has 7 heteroatoms. The first-order valence-corrected chi connectivity index (χ1v) is 10.1. The van der Waals surface area contributed by atoms with Crippen LogP contribution >= 0.6 is 23.5 Å². The van der Waals surface area contributed by atoms with Gasteiger partial charge in [-0.1, -0.05) is 18.2 Å². The third-order valence-corrected chi connectivity index (χ3v) is 5.55. The predicted molar refractivity (Wildman–Crippen MR) is 111 cm³/mol. The summed E-state index contributed by atoms with van der Waals surface area (Å²) in [6.07, 6.45) is 3.85. The highest BCUT2D eigenvalue weighted by Gasteiger charge is 2.30. The molecule has 27 heavy (non-hydrogen) atoms. The van der Waals surface area contributed by atoms with Crippen molar-refractivity contribution in [1.82, 2.24) is 4.90 Å². The number of nitriles is 1. The molecular weight excluding hydrogens is 378 g/mol. The molecule has 0 unspecified atom stereocenters. The first-order valence-electron chi connectivity index (χ1n) is 8.11. The number of ether oxygens (including phenoxy) is 1. The van der Waals surface area contributed by atoms with Crippen molar-refractivity contribution in [1.29, 1.82) is 5.26 Å². The van der Waals surface area contributed by atoms with Gasteiger partial charge in [-0.3, -0.25) is 9.69 Å². The van der Waals surface area contributed by atoms with Gasteiger partial charge in [0.25, 0.3) is 5.91 Å². The van der Waals surface area contributed by atoms with Crippen LogP contribution in [-0.4, -0.2) is 35.9 Å². The summed E-state index contributed by atoms with van der Waals surface area (Å²) in [7, 11) is 1.73. The Hall–Kier alpha value is -2.69. The number of likely N-dealkylation sites (N-methyl/N-ethyl adjacent to an activating group) is 1. The second-order valence-electron chi connectivity index (χ2n) is 5.59. The Morgan fingerprint density at radius 2 is 2.07 bits per heavy atom. The molecule has 1 heterocycles. The van der Waals surface area contributed by atoms with Gasteiger partial charge in [0, 0.05) is 11.9 Å². The molecular formula is C20H17N3O2S2. The number of nitrogens with zero attached hydrogens (tertiary/aromatic N) is 3. The molecule has 5 nitrogen and oxygen atoms in total. The lowest BCUT2D eigenvalue weighted by atomic mass is 10.2. The first kappa shape index (κ1) is 19.1. The highest BCUT2D eigenvalue weighted by molar-refractivity contribution is 8.18. The van der Waals surface area contributed by atoms with Gasteiger partial charge < -0.3 is 4.74 Å². The van der Waals surface area contributed by atoms with Crippen LogP contribution in [-0.2, 0) is 4.79 Å². The summed E-state index contributed by atoms with van der Waals surface area (Å²) >= 11 is 3.01. The van der Waals surface area contributed by atoms with Gasteiger partial charge in [0.15, 0.2) is 11.8 Å². The normalized spacial score (nSPS) is 16.8. The summed E-state index contributed by atoms with van der Waals surface area (Å²) in [5.41, 5.74) is 1.71. The molecule has 1 saturated heterocycles. The number of carbonyl (C=O) groups is 1. The Morgan fingerprint density at radius 3 is 2.78 bits per heavy atom. The summed E-state index contributed by atoms with van der Waals surface area (Å²) < 4.78 is 5.24. The minimum atomic E-state index is -0.0791. The number of thioether (sulfide) groups is 2. The summed E-state index contributed by atoms with van der Waals surface area (Å²) in [4.78, 5) is 20.5. The number of benzene rings is 2. The molecule has 2 aromatic rings. The highest BCUT2D eigenvalue weighted by atomic mass is 32.2. The molecule has 1 aliphatic heterocycles. The fraction of sp³-hybridized carbons (Fsp3) is 0.150. The van der Waals surface area contributed by atoms with Gasteiger partial charge in [-0.05, 0) is 60.0 Å². The molecule has 0 aromatic heterocycles. The molecule has 0 saturated carbocycles. The van der Waals surface area contributed by atoms with Crippen LogP contribution in [0.4, 0.5) is 5.69 Å². The molecule has 0 atom stereocenters. The second-order valence-corrected chi connectivity index (χ2v) is 7.48. The first-order chi connectivity index (χ1) is 13.1. The van der Waals surface area contributed by atoms with E-state index in [-0.39, 0.29) is 12.5 Å². The fourth-order valence-electron chi connectivity index (χ4n) is 2.37. The maximum absolute atomic E-state index is 12.5. The van der Waals surface area contributed by atoms with Gasteiger partial charge in [-0.25, -0.2) is 4.99 Å². The zero-order valence-corrected chi connectivity index (χ0v) is 16.5. The number of carbonyl (C=O) groups excluding carboxylic acids is 1. The Balaban J connectivity index is 1.79. The van der Waals surface area contributed by atoms with Crippen LogP contribution in [0.1, 0.15) is 5.56 Å². The molecule has 3 rings (SSSR count). The SMILES string of the molecule is CSc1cccc(N=C2S/C(=C/c3ccc(OCC#N)cc3)C(=O)N2C)c1. The van der Waals surface area contributed by atoms with Crippen molar-refractivity contribution in [2.24, 2.45) is 4.99 Å². The van der Waals surface area contributed by atoms with Gasteiger partial charge in [0.2, 0.25) is 0 Å². The standard InChI is InChI=1S/C20H17N3O2S2/c1-23-19(24)18(12-14-6-8-16(9-7-14)25-11-10-21)27-20(23)22-15-4-3-5-17(13-15)26-2/h3-9,12-13H,11H2,1-2H3/b18-12+,22-20?. The molecule has 136 valence electrons. The Labute approximate surface area is 166 Å². The van der Waals surface area contributed by atoms with Crippen molar-refractivity contribution in [2.75, 3.05) is 19.9 Å². The zero-order chi connectivity index (χ0) is 19.2.